The normalized spacial score (nSPS) is 29.5. The molecule has 0 aliphatic heterocycles. The summed E-state index contributed by atoms with van der Waals surface area (Å²) in [6.45, 7) is 1.47. The number of hydrogen-bond acceptors (Lipinski definition) is 5. The van der Waals surface area contributed by atoms with Crippen LogP contribution in [0.4, 0.5) is 0 Å². The number of carboxylic acid groups (broad SMARTS) is 1. The van der Waals surface area contributed by atoms with Crippen LogP contribution in [0.25, 0.3) is 0 Å². The lowest BCUT2D eigenvalue weighted by molar-refractivity contribution is -0.147. The molecule has 0 aromatic heterocycles. The molecule has 2 aliphatic rings. The van der Waals surface area contributed by atoms with E-state index >= 15 is 0 Å². The van der Waals surface area contributed by atoms with E-state index in [2.05, 4.69) is 4.74 Å². The molecule has 0 bridgehead atoms. The molecule has 5 N–H and O–H groups in total. The molecule has 2 rings (SSSR count). The highest BCUT2D eigenvalue weighted by Gasteiger charge is 2.26. The van der Waals surface area contributed by atoms with Gasteiger partial charge in [-0.2, -0.15) is 0 Å². The van der Waals surface area contributed by atoms with Gasteiger partial charge >= 0.3 is 11.9 Å². The molecule has 0 saturated heterocycles. The quantitative estimate of drug-likeness (QED) is 0.658. The zero-order valence-corrected chi connectivity index (χ0v) is 15.4. The largest absolute Gasteiger partial charge is 0.481 e. The van der Waals surface area contributed by atoms with E-state index in [0.29, 0.717) is 18.4 Å². The van der Waals surface area contributed by atoms with Gasteiger partial charge in [-0.25, -0.2) is 0 Å². The van der Waals surface area contributed by atoms with E-state index in [1.807, 2.05) is 0 Å². The van der Waals surface area contributed by atoms with Crippen molar-refractivity contribution in [3.8, 4) is 0 Å². The van der Waals surface area contributed by atoms with E-state index in [-0.39, 0.29) is 30.2 Å². The number of carbonyl (C=O) groups excluding carboxylic acids is 1. The van der Waals surface area contributed by atoms with Gasteiger partial charge in [0.15, 0.2) is 0 Å². The van der Waals surface area contributed by atoms with E-state index in [1.54, 1.807) is 0 Å². The fourth-order valence-corrected chi connectivity index (χ4v) is 3.45. The SMILES string of the molecule is COC(=O)C1CCC(CN)CC1.Cl.NCC1CCC(C(=O)O)CC1. The Kier molecular flexibility index (Phi) is 12.1. The summed E-state index contributed by atoms with van der Waals surface area (Å²) in [6.07, 6.45) is 7.69. The van der Waals surface area contributed by atoms with Gasteiger partial charge in [0.1, 0.15) is 0 Å². The molecule has 0 heterocycles. The van der Waals surface area contributed by atoms with Gasteiger partial charge in [0.05, 0.1) is 18.9 Å². The Bertz CT molecular complexity index is 366. The number of ether oxygens (including phenoxy) is 1. The van der Waals surface area contributed by atoms with Crippen LogP contribution in [0.1, 0.15) is 51.4 Å². The van der Waals surface area contributed by atoms with Crippen LogP contribution in [0.2, 0.25) is 0 Å². The van der Waals surface area contributed by atoms with E-state index in [0.717, 1.165) is 57.9 Å². The van der Waals surface area contributed by atoms with Crippen molar-refractivity contribution >= 4 is 24.3 Å². The van der Waals surface area contributed by atoms with Crippen molar-refractivity contribution in [1.82, 2.24) is 0 Å². The molecule has 24 heavy (non-hydrogen) atoms. The van der Waals surface area contributed by atoms with Crippen molar-refractivity contribution in [3.05, 3.63) is 0 Å². The van der Waals surface area contributed by atoms with Gasteiger partial charge in [-0.1, -0.05) is 0 Å². The van der Waals surface area contributed by atoms with Crippen LogP contribution < -0.4 is 11.5 Å². The number of rotatable bonds is 4. The summed E-state index contributed by atoms with van der Waals surface area (Å²) in [5.74, 6) is 0.554. The van der Waals surface area contributed by atoms with Crippen LogP contribution in [-0.4, -0.2) is 37.2 Å². The first kappa shape index (κ1) is 23.1. The molecule has 0 radical (unpaired) electrons. The van der Waals surface area contributed by atoms with E-state index < -0.39 is 5.97 Å². The predicted molar refractivity (Wildman–Crippen MR) is 95.9 cm³/mol. The number of aliphatic carboxylic acids is 1. The number of esters is 1. The summed E-state index contributed by atoms with van der Waals surface area (Å²) in [5.41, 5.74) is 11.0. The van der Waals surface area contributed by atoms with Crippen LogP contribution in [0.5, 0.6) is 0 Å². The maximum Gasteiger partial charge on any atom is 0.308 e. The van der Waals surface area contributed by atoms with Crippen molar-refractivity contribution in [1.29, 1.82) is 0 Å². The zero-order valence-electron chi connectivity index (χ0n) is 14.6. The average Bonchev–Trinajstić information content (AvgIpc) is 2.61. The van der Waals surface area contributed by atoms with Gasteiger partial charge in [-0.05, 0) is 76.3 Å². The molecule has 0 aromatic carbocycles. The highest BCUT2D eigenvalue weighted by Crippen LogP contribution is 2.29. The summed E-state index contributed by atoms with van der Waals surface area (Å²) in [6, 6.07) is 0. The van der Waals surface area contributed by atoms with Crippen LogP contribution in [0.3, 0.4) is 0 Å². The third-order valence-corrected chi connectivity index (χ3v) is 5.24. The molecule has 2 aliphatic carbocycles. The number of carbonyl (C=O) groups is 2. The Morgan fingerprint density at radius 3 is 1.54 bits per heavy atom. The minimum atomic E-state index is -0.638. The zero-order chi connectivity index (χ0) is 17.2. The Hall–Kier alpha value is -0.850. The maximum absolute atomic E-state index is 11.1. The Labute approximate surface area is 151 Å². The van der Waals surface area contributed by atoms with Crippen molar-refractivity contribution in [2.24, 2.45) is 35.1 Å². The molecule has 0 amide bonds. The second-order valence-electron chi connectivity index (χ2n) is 6.77. The number of halogens is 1. The average molecular weight is 365 g/mol. The molecule has 0 aromatic rings. The minimum absolute atomic E-state index is 0. The van der Waals surface area contributed by atoms with Gasteiger partial charge in [0.25, 0.3) is 0 Å². The maximum atomic E-state index is 11.1. The molecule has 0 unspecified atom stereocenters. The van der Waals surface area contributed by atoms with Gasteiger partial charge in [-0.15, -0.1) is 12.4 Å². The summed E-state index contributed by atoms with van der Waals surface area (Å²) in [5, 5.41) is 8.67. The molecule has 2 saturated carbocycles. The van der Waals surface area contributed by atoms with E-state index in [9.17, 15) is 9.59 Å². The van der Waals surface area contributed by atoms with E-state index in [4.69, 9.17) is 16.6 Å². The number of hydrogen-bond donors (Lipinski definition) is 3. The Morgan fingerprint density at radius 1 is 0.875 bits per heavy atom. The highest BCUT2D eigenvalue weighted by molar-refractivity contribution is 5.85. The summed E-state index contributed by atoms with van der Waals surface area (Å²) >= 11 is 0. The summed E-state index contributed by atoms with van der Waals surface area (Å²) < 4.78 is 4.69. The predicted octanol–water partition coefficient (Wildman–Crippen LogP) is 2.18. The third kappa shape index (κ3) is 7.81. The molecule has 2 fully saturated rings. The molecule has 0 atom stereocenters. The first-order valence-electron chi connectivity index (χ1n) is 8.72. The first-order valence-corrected chi connectivity index (χ1v) is 8.72. The molecule has 142 valence electrons. The lowest BCUT2D eigenvalue weighted by Gasteiger charge is -2.25. The number of methoxy groups -OCH3 is 1. The van der Waals surface area contributed by atoms with Gasteiger partial charge < -0.3 is 21.3 Å². The van der Waals surface area contributed by atoms with Crippen molar-refractivity contribution in [2.75, 3.05) is 20.2 Å². The van der Waals surface area contributed by atoms with Crippen molar-refractivity contribution in [2.45, 2.75) is 51.4 Å². The summed E-state index contributed by atoms with van der Waals surface area (Å²) in [4.78, 5) is 21.6. The minimum Gasteiger partial charge on any atom is -0.481 e. The van der Waals surface area contributed by atoms with Crippen molar-refractivity contribution in [3.63, 3.8) is 0 Å². The Balaban J connectivity index is 0.000000425. The lowest BCUT2D eigenvalue weighted by atomic mass is 9.82. The second-order valence-corrected chi connectivity index (χ2v) is 6.77. The monoisotopic (exact) mass is 364 g/mol. The van der Waals surface area contributed by atoms with Crippen LogP contribution in [-0.2, 0) is 14.3 Å². The molecule has 6 nitrogen and oxygen atoms in total. The topological polar surface area (TPSA) is 116 Å². The van der Waals surface area contributed by atoms with Crippen molar-refractivity contribution < 1.29 is 19.4 Å². The lowest BCUT2D eigenvalue weighted by Crippen LogP contribution is -2.26. The number of carboxylic acids is 1. The fraction of sp³-hybridized carbons (Fsp3) is 0.882. The van der Waals surface area contributed by atoms with Crippen LogP contribution in [0.15, 0.2) is 0 Å². The van der Waals surface area contributed by atoms with Gasteiger partial charge in [0.2, 0.25) is 0 Å². The van der Waals surface area contributed by atoms with Crippen LogP contribution >= 0.6 is 12.4 Å². The molecule has 7 heteroatoms. The van der Waals surface area contributed by atoms with Gasteiger partial charge in [0, 0.05) is 0 Å². The molecular weight excluding hydrogens is 332 g/mol. The molecular formula is C17H33ClN2O4. The van der Waals surface area contributed by atoms with Gasteiger partial charge in [-0.3, -0.25) is 9.59 Å². The van der Waals surface area contributed by atoms with E-state index in [1.165, 1.54) is 7.11 Å². The Morgan fingerprint density at radius 2 is 1.25 bits per heavy atom. The highest BCUT2D eigenvalue weighted by atomic mass is 35.5. The second kappa shape index (κ2) is 12.5. The first-order chi connectivity index (χ1) is 11.0. The third-order valence-electron chi connectivity index (χ3n) is 5.24. The smallest absolute Gasteiger partial charge is 0.308 e. The standard InChI is InChI=1S/C9H17NO2.C8H15NO2.ClH/c1-12-9(11)8-4-2-7(6-10)3-5-8;9-5-6-1-3-7(4-2-6)8(10)11;/h7-8H,2-6,10H2,1H3;6-7H,1-5,9H2,(H,10,11);1H. The van der Waals surface area contributed by atoms with Crippen LogP contribution in [0, 0.1) is 23.7 Å². The fourth-order valence-electron chi connectivity index (χ4n) is 3.45. The summed E-state index contributed by atoms with van der Waals surface area (Å²) in [7, 11) is 1.46. The molecule has 0 spiro atoms. The number of nitrogens with two attached hydrogens (primary N) is 2.